The summed E-state index contributed by atoms with van der Waals surface area (Å²) in [6, 6.07) is 4.46. The molecule has 8 heteroatoms. The number of nitro groups is 1. The number of hydrogen-bond acceptors (Lipinski definition) is 5. The second kappa shape index (κ2) is 5.08. The number of nitrogens with one attached hydrogen (secondary N) is 1. The highest BCUT2D eigenvalue weighted by molar-refractivity contribution is 5.63. The van der Waals surface area contributed by atoms with Crippen LogP contribution in [0.25, 0.3) is 0 Å². The van der Waals surface area contributed by atoms with Crippen molar-refractivity contribution in [1.29, 1.82) is 0 Å². The Morgan fingerprint density at radius 2 is 2.05 bits per heavy atom. The van der Waals surface area contributed by atoms with Crippen molar-refractivity contribution < 1.29 is 13.7 Å². The predicted molar refractivity (Wildman–Crippen MR) is 69.7 cm³/mol. The Morgan fingerprint density at radius 1 is 1.35 bits per heavy atom. The average Bonchev–Trinajstić information content (AvgIpc) is 2.38. The van der Waals surface area contributed by atoms with Crippen LogP contribution in [0.1, 0.15) is 5.56 Å². The summed E-state index contributed by atoms with van der Waals surface area (Å²) in [4.78, 5) is 13.8. The molecule has 0 fully saturated rings. The summed E-state index contributed by atoms with van der Waals surface area (Å²) in [6.07, 6.45) is 0. The lowest BCUT2D eigenvalue weighted by atomic mass is 10.2. The molecule has 6 nitrogen and oxygen atoms in total. The van der Waals surface area contributed by atoms with Gasteiger partial charge in [0.15, 0.2) is 5.82 Å². The van der Waals surface area contributed by atoms with Crippen LogP contribution in [0, 0.1) is 28.7 Å². The highest BCUT2D eigenvalue weighted by Gasteiger charge is 2.15. The molecule has 1 aromatic heterocycles. The van der Waals surface area contributed by atoms with E-state index in [-0.39, 0.29) is 22.9 Å². The average molecular weight is 280 g/mol. The van der Waals surface area contributed by atoms with Gasteiger partial charge in [-0.2, -0.15) is 0 Å². The molecule has 0 saturated carbocycles. The second-order valence-electron chi connectivity index (χ2n) is 4.07. The van der Waals surface area contributed by atoms with Gasteiger partial charge in [0.05, 0.1) is 17.1 Å². The molecule has 0 saturated heterocycles. The van der Waals surface area contributed by atoms with Crippen LogP contribution >= 0.6 is 0 Å². The number of nitrogen functional groups attached to an aromatic ring is 1. The molecule has 0 atom stereocenters. The number of hydrogen-bond donors (Lipinski definition) is 2. The van der Waals surface area contributed by atoms with Gasteiger partial charge in [-0.1, -0.05) is 6.07 Å². The van der Waals surface area contributed by atoms with Crippen molar-refractivity contribution in [3.8, 4) is 0 Å². The van der Waals surface area contributed by atoms with Gasteiger partial charge in [-0.25, -0.2) is 13.8 Å². The quantitative estimate of drug-likeness (QED) is 0.666. The number of benzene rings is 1. The van der Waals surface area contributed by atoms with E-state index in [1.54, 1.807) is 0 Å². The first-order chi connectivity index (χ1) is 9.38. The molecule has 0 aliphatic rings. The highest BCUT2D eigenvalue weighted by Crippen LogP contribution is 2.27. The Labute approximate surface area is 112 Å². The number of halogens is 2. The molecule has 20 heavy (non-hydrogen) atoms. The zero-order valence-electron chi connectivity index (χ0n) is 10.4. The summed E-state index contributed by atoms with van der Waals surface area (Å²) in [5.41, 5.74) is 4.88. The summed E-state index contributed by atoms with van der Waals surface area (Å²) in [5.74, 6) is -1.87. The first kappa shape index (κ1) is 13.7. The molecule has 0 amide bonds. The van der Waals surface area contributed by atoms with Crippen LogP contribution in [0.4, 0.5) is 31.8 Å². The zero-order valence-corrected chi connectivity index (χ0v) is 10.4. The topological polar surface area (TPSA) is 94.1 Å². The Balaban J connectivity index is 2.45. The van der Waals surface area contributed by atoms with Gasteiger partial charge in [-0.15, -0.1) is 0 Å². The van der Waals surface area contributed by atoms with Gasteiger partial charge in [-0.05, 0) is 18.6 Å². The summed E-state index contributed by atoms with van der Waals surface area (Å²) in [5, 5.41) is 13.1. The Morgan fingerprint density at radius 3 is 2.70 bits per heavy atom. The maximum absolute atomic E-state index is 13.8. The van der Waals surface area contributed by atoms with E-state index < -0.39 is 22.2 Å². The van der Waals surface area contributed by atoms with Crippen LogP contribution in [0.2, 0.25) is 0 Å². The van der Waals surface area contributed by atoms with Crippen molar-refractivity contribution >= 4 is 23.0 Å². The first-order valence-corrected chi connectivity index (χ1v) is 5.52. The number of aryl methyl sites for hydroxylation is 1. The lowest BCUT2D eigenvalue weighted by Crippen LogP contribution is -2.03. The minimum absolute atomic E-state index is 0.111. The van der Waals surface area contributed by atoms with Crippen molar-refractivity contribution in [2.45, 2.75) is 6.92 Å². The summed E-state index contributed by atoms with van der Waals surface area (Å²) in [7, 11) is 0. The van der Waals surface area contributed by atoms with Crippen LogP contribution in [-0.2, 0) is 0 Å². The van der Waals surface area contributed by atoms with E-state index in [0.29, 0.717) is 0 Å². The second-order valence-corrected chi connectivity index (χ2v) is 4.07. The van der Waals surface area contributed by atoms with Gasteiger partial charge in [0.1, 0.15) is 23.1 Å². The van der Waals surface area contributed by atoms with Gasteiger partial charge >= 0.3 is 0 Å². The van der Waals surface area contributed by atoms with E-state index in [0.717, 1.165) is 18.2 Å². The number of rotatable bonds is 3. The fraction of sp³-hybridized carbons (Fsp3) is 0.0833. The van der Waals surface area contributed by atoms with Crippen LogP contribution < -0.4 is 11.1 Å². The Kier molecular flexibility index (Phi) is 3.47. The molecular weight excluding hydrogens is 270 g/mol. The molecule has 0 aliphatic heterocycles. The van der Waals surface area contributed by atoms with E-state index in [1.807, 2.05) is 0 Å². The van der Waals surface area contributed by atoms with E-state index >= 15 is 0 Å². The third-order valence-corrected chi connectivity index (χ3v) is 2.58. The van der Waals surface area contributed by atoms with Crippen LogP contribution in [0.5, 0.6) is 0 Å². The van der Waals surface area contributed by atoms with E-state index in [9.17, 15) is 18.9 Å². The van der Waals surface area contributed by atoms with Gasteiger partial charge < -0.3 is 11.1 Å². The predicted octanol–water partition coefficient (Wildman–Crippen LogP) is 2.90. The van der Waals surface area contributed by atoms with Gasteiger partial charge in [0.2, 0.25) is 0 Å². The maximum atomic E-state index is 13.8. The Bertz CT molecular complexity index is 691. The SMILES string of the molecule is Cc1ccc(F)c(Nc2cc([N+](=O)[O-])cc(N)n2)c1F. The highest BCUT2D eigenvalue weighted by atomic mass is 19.1. The van der Waals surface area contributed by atoms with Crippen molar-refractivity contribution in [3.05, 3.63) is 51.6 Å². The van der Waals surface area contributed by atoms with Crippen molar-refractivity contribution in [3.63, 3.8) is 0 Å². The minimum Gasteiger partial charge on any atom is -0.383 e. The van der Waals surface area contributed by atoms with Crippen molar-refractivity contribution in [2.75, 3.05) is 11.1 Å². The fourth-order valence-corrected chi connectivity index (χ4v) is 1.61. The number of nitrogens with two attached hydrogens (primary N) is 1. The molecule has 0 aliphatic carbocycles. The standard InChI is InChI=1S/C12H10F2N4O2/c1-6-2-3-8(13)12(11(6)14)17-10-5-7(18(19)20)4-9(15)16-10/h2-5H,1H3,(H3,15,16,17). The molecule has 1 aromatic carbocycles. The molecular formula is C12H10F2N4O2. The third-order valence-electron chi connectivity index (χ3n) is 2.58. The number of aromatic nitrogens is 1. The molecule has 104 valence electrons. The van der Waals surface area contributed by atoms with E-state index in [4.69, 9.17) is 5.73 Å². The van der Waals surface area contributed by atoms with Gasteiger partial charge in [-0.3, -0.25) is 10.1 Å². The van der Waals surface area contributed by atoms with Crippen molar-refractivity contribution in [2.24, 2.45) is 0 Å². The molecule has 3 N–H and O–H groups in total. The Hall–Kier alpha value is -2.77. The summed E-state index contributed by atoms with van der Waals surface area (Å²) < 4.78 is 27.4. The molecule has 0 unspecified atom stereocenters. The van der Waals surface area contributed by atoms with Crippen molar-refractivity contribution in [1.82, 2.24) is 4.98 Å². The van der Waals surface area contributed by atoms with Crippen LogP contribution in [0.3, 0.4) is 0 Å². The zero-order chi connectivity index (χ0) is 14.9. The van der Waals surface area contributed by atoms with E-state index in [1.165, 1.54) is 13.0 Å². The lowest BCUT2D eigenvalue weighted by molar-refractivity contribution is -0.384. The fourth-order valence-electron chi connectivity index (χ4n) is 1.61. The largest absolute Gasteiger partial charge is 0.383 e. The normalized spacial score (nSPS) is 10.3. The smallest absolute Gasteiger partial charge is 0.276 e. The number of anilines is 3. The molecule has 1 heterocycles. The number of nitrogens with zero attached hydrogens (tertiary/aromatic N) is 2. The number of pyridine rings is 1. The first-order valence-electron chi connectivity index (χ1n) is 5.52. The molecule has 0 spiro atoms. The monoisotopic (exact) mass is 280 g/mol. The van der Waals surface area contributed by atoms with Crippen LogP contribution in [-0.4, -0.2) is 9.91 Å². The summed E-state index contributed by atoms with van der Waals surface area (Å²) in [6.45, 7) is 1.47. The third kappa shape index (κ3) is 2.63. The molecule has 0 bridgehead atoms. The van der Waals surface area contributed by atoms with Crippen LogP contribution in [0.15, 0.2) is 24.3 Å². The molecule has 2 aromatic rings. The maximum Gasteiger partial charge on any atom is 0.276 e. The molecule has 0 radical (unpaired) electrons. The minimum atomic E-state index is -0.833. The lowest BCUT2D eigenvalue weighted by Gasteiger charge is -2.10. The van der Waals surface area contributed by atoms with E-state index in [2.05, 4.69) is 10.3 Å². The summed E-state index contributed by atoms with van der Waals surface area (Å²) >= 11 is 0. The van der Waals surface area contributed by atoms with Gasteiger partial charge in [0.25, 0.3) is 5.69 Å². The van der Waals surface area contributed by atoms with Gasteiger partial charge in [0, 0.05) is 0 Å². The molecule has 2 rings (SSSR count).